The molecule has 0 unspecified atom stereocenters. The molecule has 9 nitrogen and oxygen atoms in total. The number of rotatable bonds is 7. The number of anilines is 1. The fraction of sp³-hybridized carbons (Fsp3) is 0.450. The zero-order valence-corrected chi connectivity index (χ0v) is 18.7. The molecule has 0 spiro atoms. The molecule has 1 aromatic rings. The minimum atomic E-state index is -4.53. The van der Waals surface area contributed by atoms with Crippen LogP contribution >= 0.6 is 11.6 Å². The lowest BCUT2D eigenvalue weighted by molar-refractivity contribution is -0.138. The Balaban J connectivity index is 1.84. The van der Waals surface area contributed by atoms with E-state index in [9.17, 15) is 18.0 Å². The van der Waals surface area contributed by atoms with Crippen molar-refractivity contribution < 1.29 is 22.8 Å². The van der Waals surface area contributed by atoms with E-state index in [2.05, 4.69) is 10.1 Å². The maximum atomic E-state index is 12.8. The number of carbonyl (C=O) groups excluding carboxylic acids is 1. The SMILES string of the molecule is CN(C)C(C/C=N\OCC(=O)N1CCN(c2ncc(C(F)(F)F)cc2Cl)CC1)=C(C#N)C#N. The number of pyridine rings is 1. The van der Waals surface area contributed by atoms with E-state index < -0.39 is 11.7 Å². The second-order valence-electron chi connectivity index (χ2n) is 7.10. The van der Waals surface area contributed by atoms with Crippen molar-refractivity contribution in [1.29, 1.82) is 10.5 Å². The number of allylic oxidation sites excluding steroid dienone is 2. The molecule has 0 N–H and O–H groups in total. The third-order valence-corrected chi connectivity index (χ3v) is 5.03. The first-order chi connectivity index (χ1) is 15.6. The average Bonchev–Trinajstić information content (AvgIpc) is 2.77. The lowest BCUT2D eigenvalue weighted by Crippen LogP contribution is -2.50. The minimum absolute atomic E-state index is 0.0389. The van der Waals surface area contributed by atoms with Gasteiger partial charge in [-0.15, -0.1) is 0 Å². The molecule has 1 saturated heterocycles. The van der Waals surface area contributed by atoms with Gasteiger partial charge in [-0.05, 0) is 6.07 Å². The fourth-order valence-electron chi connectivity index (χ4n) is 3.01. The van der Waals surface area contributed by atoms with Crippen LogP contribution in [0.1, 0.15) is 12.0 Å². The van der Waals surface area contributed by atoms with Crippen LogP contribution in [0.4, 0.5) is 19.0 Å². The Kier molecular flexibility index (Phi) is 8.88. The van der Waals surface area contributed by atoms with Crippen molar-refractivity contribution in [2.75, 3.05) is 51.8 Å². The molecule has 33 heavy (non-hydrogen) atoms. The van der Waals surface area contributed by atoms with E-state index >= 15 is 0 Å². The number of amides is 1. The number of alkyl halides is 3. The van der Waals surface area contributed by atoms with Gasteiger partial charge >= 0.3 is 6.18 Å². The van der Waals surface area contributed by atoms with E-state index in [1.54, 1.807) is 28.8 Å². The van der Waals surface area contributed by atoms with Gasteiger partial charge in [-0.25, -0.2) is 4.98 Å². The lowest BCUT2D eigenvalue weighted by atomic mass is 10.2. The van der Waals surface area contributed by atoms with E-state index in [-0.39, 0.29) is 35.3 Å². The summed E-state index contributed by atoms with van der Waals surface area (Å²) in [6.07, 6.45) is -2.26. The van der Waals surface area contributed by atoms with E-state index in [0.717, 1.165) is 12.3 Å². The molecule has 0 radical (unpaired) electrons. The van der Waals surface area contributed by atoms with Crippen molar-refractivity contribution >= 4 is 29.5 Å². The molecule has 0 bridgehead atoms. The topological polar surface area (TPSA) is 109 Å². The Morgan fingerprint density at radius 3 is 2.45 bits per heavy atom. The van der Waals surface area contributed by atoms with Crippen molar-refractivity contribution in [3.05, 3.63) is 34.1 Å². The molecule has 0 atom stereocenters. The van der Waals surface area contributed by atoms with Gasteiger partial charge in [-0.3, -0.25) is 4.79 Å². The van der Waals surface area contributed by atoms with Crippen LogP contribution in [0.3, 0.4) is 0 Å². The average molecular weight is 484 g/mol. The molecule has 1 aliphatic heterocycles. The van der Waals surface area contributed by atoms with Crippen molar-refractivity contribution in [2.24, 2.45) is 5.16 Å². The maximum absolute atomic E-state index is 12.8. The van der Waals surface area contributed by atoms with Crippen LogP contribution in [0, 0.1) is 22.7 Å². The van der Waals surface area contributed by atoms with Crippen LogP contribution in [-0.2, 0) is 15.8 Å². The highest BCUT2D eigenvalue weighted by Gasteiger charge is 2.32. The number of oxime groups is 1. The highest BCUT2D eigenvalue weighted by molar-refractivity contribution is 6.33. The van der Waals surface area contributed by atoms with Crippen LogP contribution in [0.25, 0.3) is 0 Å². The molecule has 0 aromatic carbocycles. The summed E-state index contributed by atoms with van der Waals surface area (Å²) >= 11 is 5.98. The molecule has 1 amide bonds. The summed E-state index contributed by atoms with van der Waals surface area (Å²) in [5, 5.41) is 21.5. The maximum Gasteiger partial charge on any atom is 0.417 e. The molecule has 1 fully saturated rings. The summed E-state index contributed by atoms with van der Waals surface area (Å²) in [6.45, 7) is 1.00. The quantitative estimate of drug-likeness (QED) is 0.333. The molecule has 2 heterocycles. The first kappa shape index (κ1) is 25.7. The van der Waals surface area contributed by atoms with Crippen LogP contribution in [0.5, 0.6) is 0 Å². The van der Waals surface area contributed by atoms with Gasteiger partial charge in [-0.2, -0.15) is 23.7 Å². The summed E-state index contributed by atoms with van der Waals surface area (Å²) in [4.78, 5) is 26.0. The first-order valence-electron chi connectivity index (χ1n) is 9.68. The van der Waals surface area contributed by atoms with Crippen LogP contribution < -0.4 is 4.90 Å². The predicted molar refractivity (Wildman–Crippen MR) is 114 cm³/mol. The zero-order chi connectivity index (χ0) is 24.6. The number of piperazine rings is 1. The summed E-state index contributed by atoms with van der Waals surface area (Å²) in [5.41, 5.74) is -0.499. The predicted octanol–water partition coefficient (Wildman–Crippen LogP) is 2.66. The van der Waals surface area contributed by atoms with Gasteiger partial charge in [0.15, 0.2) is 6.61 Å². The van der Waals surface area contributed by atoms with Gasteiger partial charge in [0, 0.05) is 64.8 Å². The molecular formula is C20H21ClF3N7O2. The smallest absolute Gasteiger partial charge is 0.386 e. The fourth-order valence-corrected chi connectivity index (χ4v) is 3.29. The second kappa shape index (κ2) is 11.4. The minimum Gasteiger partial charge on any atom is -0.386 e. The number of nitriles is 2. The van der Waals surface area contributed by atoms with Crippen molar-refractivity contribution in [3.8, 4) is 12.1 Å². The first-order valence-corrected chi connectivity index (χ1v) is 10.1. The number of nitrogens with zero attached hydrogens (tertiary/aromatic N) is 7. The van der Waals surface area contributed by atoms with Crippen molar-refractivity contribution in [2.45, 2.75) is 12.6 Å². The molecule has 176 valence electrons. The number of halogens is 4. The summed E-state index contributed by atoms with van der Waals surface area (Å²) in [7, 11) is 3.38. The van der Waals surface area contributed by atoms with Gasteiger partial charge in [0.05, 0.1) is 10.6 Å². The van der Waals surface area contributed by atoms with E-state index in [0.29, 0.717) is 31.9 Å². The summed E-state index contributed by atoms with van der Waals surface area (Å²) in [6, 6.07) is 4.45. The summed E-state index contributed by atoms with van der Waals surface area (Å²) < 4.78 is 38.3. The Labute approximate surface area is 193 Å². The van der Waals surface area contributed by atoms with E-state index in [1.807, 2.05) is 12.1 Å². The molecule has 0 aliphatic carbocycles. The number of hydrogen-bond donors (Lipinski definition) is 0. The lowest BCUT2D eigenvalue weighted by Gasteiger charge is -2.35. The normalized spacial score (nSPS) is 13.9. The third-order valence-electron chi connectivity index (χ3n) is 4.75. The highest BCUT2D eigenvalue weighted by Crippen LogP contribution is 2.33. The number of carbonyl (C=O) groups is 1. The monoisotopic (exact) mass is 483 g/mol. The third kappa shape index (κ3) is 6.99. The van der Waals surface area contributed by atoms with Gasteiger partial charge in [-0.1, -0.05) is 16.8 Å². The zero-order valence-electron chi connectivity index (χ0n) is 17.9. The molecule has 2 rings (SSSR count). The Bertz CT molecular complexity index is 988. The second-order valence-corrected chi connectivity index (χ2v) is 7.51. The Morgan fingerprint density at radius 2 is 1.94 bits per heavy atom. The van der Waals surface area contributed by atoms with Crippen molar-refractivity contribution in [1.82, 2.24) is 14.8 Å². The van der Waals surface area contributed by atoms with Gasteiger partial charge in [0.2, 0.25) is 0 Å². The number of hydrogen-bond acceptors (Lipinski definition) is 8. The highest BCUT2D eigenvalue weighted by atomic mass is 35.5. The summed E-state index contributed by atoms with van der Waals surface area (Å²) in [5.74, 6) is -0.0761. The van der Waals surface area contributed by atoms with Crippen LogP contribution in [0.15, 0.2) is 28.7 Å². The molecular weight excluding hydrogens is 463 g/mol. The number of aromatic nitrogens is 1. The van der Waals surface area contributed by atoms with Crippen LogP contribution in [-0.4, -0.2) is 73.8 Å². The van der Waals surface area contributed by atoms with Crippen molar-refractivity contribution in [3.63, 3.8) is 0 Å². The largest absolute Gasteiger partial charge is 0.417 e. The van der Waals surface area contributed by atoms with Gasteiger partial charge in [0.25, 0.3) is 5.91 Å². The Morgan fingerprint density at radius 1 is 1.30 bits per heavy atom. The standard InChI is InChI=1S/C20H21ClF3N7O2/c1-29(2)17(14(10-25)11-26)3-4-28-33-13-18(32)30-5-7-31(8-6-30)19-16(21)9-15(12-27-19)20(22,23)24/h4,9,12H,3,5-8,13H2,1-2H3/b28-4-. The Hall–Kier alpha value is -3.51. The molecule has 0 saturated carbocycles. The molecule has 1 aliphatic rings. The van der Waals surface area contributed by atoms with Gasteiger partial charge in [0.1, 0.15) is 23.5 Å². The van der Waals surface area contributed by atoms with Crippen LogP contribution in [0.2, 0.25) is 5.02 Å². The van der Waals surface area contributed by atoms with E-state index in [4.69, 9.17) is 27.0 Å². The molecule has 13 heteroatoms. The van der Waals surface area contributed by atoms with E-state index in [1.165, 1.54) is 6.21 Å². The molecule has 1 aromatic heterocycles. The van der Waals surface area contributed by atoms with Gasteiger partial charge < -0.3 is 19.5 Å².